The highest BCUT2D eigenvalue weighted by molar-refractivity contribution is 5.69. The number of carboxylic acid groups (broad SMARTS) is 1. The Hall–Kier alpha value is -1.31. The standard InChI is InChI=1S/C25H42O2/c1-19(2)9-6-13-22(5)23-16-15-21(4)11-7-10-20(3)12-8-14-24(18-17-23)25(26)27/h9,12,21,23-24H,5-8,10-11,13-18H2,1-4H3,(H,26,27)/b20-12-/t21-,23-,24-/m1/s1. The Labute approximate surface area is 167 Å². The number of aliphatic carboxylic acids is 1. The van der Waals surface area contributed by atoms with Crippen molar-refractivity contribution < 1.29 is 9.90 Å². The predicted octanol–water partition coefficient (Wildman–Crippen LogP) is 7.71. The minimum atomic E-state index is -0.629. The zero-order chi connectivity index (χ0) is 20.2. The monoisotopic (exact) mass is 374 g/mol. The van der Waals surface area contributed by atoms with Crippen molar-refractivity contribution in [1.82, 2.24) is 0 Å². The van der Waals surface area contributed by atoms with Gasteiger partial charge in [0.05, 0.1) is 5.92 Å². The van der Waals surface area contributed by atoms with Gasteiger partial charge in [-0.05, 0) is 90.4 Å². The Morgan fingerprint density at radius 3 is 2.48 bits per heavy atom. The summed E-state index contributed by atoms with van der Waals surface area (Å²) in [7, 11) is 0. The van der Waals surface area contributed by atoms with Crippen LogP contribution in [0.4, 0.5) is 0 Å². The van der Waals surface area contributed by atoms with E-state index >= 15 is 0 Å². The Kier molecular flexibility index (Phi) is 11.4. The number of rotatable bonds is 5. The Morgan fingerprint density at radius 2 is 1.81 bits per heavy atom. The summed E-state index contributed by atoms with van der Waals surface area (Å²) in [6.45, 7) is 13.2. The fourth-order valence-corrected chi connectivity index (χ4v) is 4.09. The molecule has 1 rings (SSSR count). The molecule has 0 unspecified atom stereocenters. The summed E-state index contributed by atoms with van der Waals surface area (Å²) in [5.74, 6) is 0.363. The minimum Gasteiger partial charge on any atom is -0.481 e. The lowest BCUT2D eigenvalue weighted by Gasteiger charge is -2.23. The zero-order valence-corrected chi connectivity index (χ0v) is 18.2. The number of hydrogen-bond donors (Lipinski definition) is 1. The highest BCUT2D eigenvalue weighted by atomic mass is 16.4. The minimum absolute atomic E-state index is 0.220. The molecule has 0 spiro atoms. The molecule has 0 radical (unpaired) electrons. The van der Waals surface area contributed by atoms with Crippen LogP contribution in [0.2, 0.25) is 0 Å². The average Bonchev–Trinajstić information content (AvgIpc) is 2.58. The van der Waals surface area contributed by atoms with Crippen molar-refractivity contribution in [2.75, 3.05) is 0 Å². The highest BCUT2D eigenvalue weighted by Crippen LogP contribution is 2.31. The Balaban J connectivity index is 2.78. The molecule has 0 aromatic heterocycles. The second-order valence-corrected chi connectivity index (χ2v) is 8.99. The average molecular weight is 375 g/mol. The molecule has 0 bridgehead atoms. The molecule has 1 aliphatic rings. The summed E-state index contributed by atoms with van der Waals surface area (Å²) in [6, 6.07) is 0. The number of carbonyl (C=O) groups is 1. The summed E-state index contributed by atoms with van der Waals surface area (Å²) in [4.78, 5) is 11.7. The van der Waals surface area contributed by atoms with Crippen LogP contribution in [0.1, 0.15) is 98.3 Å². The number of carboxylic acids is 1. The lowest BCUT2D eigenvalue weighted by atomic mass is 9.82. The molecule has 0 saturated heterocycles. The van der Waals surface area contributed by atoms with Crippen molar-refractivity contribution in [3.05, 3.63) is 35.5 Å². The molecule has 3 atom stereocenters. The third-order valence-electron chi connectivity index (χ3n) is 6.09. The normalized spacial score (nSPS) is 27.7. The van der Waals surface area contributed by atoms with E-state index in [0.717, 1.165) is 57.3 Å². The van der Waals surface area contributed by atoms with Crippen molar-refractivity contribution in [3.8, 4) is 0 Å². The smallest absolute Gasteiger partial charge is 0.306 e. The van der Waals surface area contributed by atoms with E-state index in [9.17, 15) is 9.90 Å². The van der Waals surface area contributed by atoms with E-state index in [4.69, 9.17) is 0 Å². The highest BCUT2D eigenvalue weighted by Gasteiger charge is 2.21. The Morgan fingerprint density at radius 1 is 1.15 bits per heavy atom. The van der Waals surface area contributed by atoms with Crippen molar-refractivity contribution in [2.24, 2.45) is 17.8 Å². The molecule has 0 aliphatic heterocycles. The van der Waals surface area contributed by atoms with Gasteiger partial charge in [0, 0.05) is 0 Å². The van der Waals surface area contributed by atoms with Crippen LogP contribution in [0, 0.1) is 17.8 Å². The largest absolute Gasteiger partial charge is 0.481 e. The first-order valence-corrected chi connectivity index (χ1v) is 11.0. The van der Waals surface area contributed by atoms with Crippen molar-refractivity contribution in [2.45, 2.75) is 98.3 Å². The Bertz CT molecular complexity index is 522. The summed E-state index contributed by atoms with van der Waals surface area (Å²) in [5.41, 5.74) is 4.11. The maximum Gasteiger partial charge on any atom is 0.306 e. The molecule has 2 nitrogen and oxygen atoms in total. The summed E-state index contributed by atoms with van der Waals surface area (Å²) >= 11 is 0. The predicted molar refractivity (Wildman–Crippen MR) is 117 cm³/mol. The molecule has 0 amide bonds. The van der Waals surface area contributed by atoms with Gasteiger partial charge in [-0.1, -0.05) is 55.2 Å². The van der Waals surface area contributed by atoms with Crippen LogP contribution in [0.3, 0.4) is 0 Å². The van der Waals surface area contributed by atoms with Crippen LogP contribution in [0.5, 0.6) is 0 Å². The molecule has 0 aromatic carbocycles. The van der Waals surface area contributed by atoms with Gasteiger partial charge in [0.25, 0.3) is 0 Å². The summed E-state index contributed by atoms with van der Waals surface area (Å²) in [5, 5.41) is 9.63. The molecule has 0 aromatic rings. The summed E-state index contributed by atoms with van der Waals surface area (Å²) < 4.78 is 0. The first kappa shape index (κ1) is 23.7. The molecule has 0 heterocycles. The van der Waals surface area contributed by atoms with Crippen molar-refractivity contribution in [3.63, 3.8) is 0 Å². The molecular formula is C25H42O2. The van der Waals surface area contributed by atoms with Gasteiger partial charge in [0.2, 0.25) is 0 Å². The van der Waals surface area contributed by atoms with Gasteiger partial charge >= 0.3 is 5.97 Å². The quantitative estimate of drug-likeness (QED) is 0.500. The summed E-state index contributed by atoms with van der Waals surface area (Å²) in [6.07, 6.45) is 16.1. The van der Waals surface area contributed by atoms with Crippen LogP contribution >= 0.6 is 0 Å². The van der Waals surface area contributed by atoms with E-state index in [2.05, 4.69) is 46.4 Å². The van der Waals surface area contributed by atoms with E-state index in [1.807, 2.05) is 0 Å². The lowest BCUT2D eigenvalue weighted by molar-refractivity contribution is -0.142. The maximum absolute atomic E-state index is 11.7. The van der Waals surface area contributed by atoms with Gasteiger partial charge in [-0.3, -0.25) is 4.79 Å². The SMILES string of the molecule is C=C(CCC=C(C)C)[C@@H]1CC[C@H](C)CCC/C(C)=C\CC[C@@H](C(=O)O)CC1. The fraction of sp³-hybridized carbons (Fsp3) is 0.720. The first-order chi connectivity index (χ1) is 12.8. The zero-order valence-electron chi connectivity index (χ0n) is 18.2. The van der Waals surface area contributed by atoms with Crippen LogP contribution in [0.15, 0.2) is 35.5 Å². The molecule has 0 fully saturated rings. The van der Waals surface area contributed by atoms with Crippen molar-refractivity contribution in [1.29, 1.82) is 0 Å². The van der Waals surface area contributed by atoms with Crippen molar-refractivity contribution >= 4 is 5.97 Å². The van der Waals surface area contributed by atoms with E-state index in [1.54, 1.807) is 0 Å². The molecule has 1 aliphatic carbocycles. The molecule has 2 heteroatoms. The van der Waals surface area contributed by atoms with Crippen LogP contribution in [-0.4, -0.2) is 11.1 Å². The first-order valence-electron chi connectivity index (χ1n) is 11.0. The van der Waals surface area contributed by atoms with Crippen LogP contribution in [-0.2, 0) is 4.79 Å². The van der Waals surface area contributed by atoms with Crippen LogP contribution < -0.4 is 0 Å². The van der Waals surface area contributed by atoms with Crippen LogP contribution in [0.25, 0.3) is 0 Å². The number of allylic oxidation sites excluding steroid dienone is 5. The molecule has 154 valence electrons. The van der Waals surface area contributed by atoms with Gasteiger partial charge in [0.15, 0.2) is 0 Å². The van der Waals surface area contributed by atoms with Gasteiger partial charge in [0.1, 0.15) is 0 Å². The van der Waals surface area contributed by atoms with E-state index in [1.165, 1.54) is 36.0 Å². The molecule has 1 N–H and O–H groups in total. The van der Waals surface area contributed by atoms with Gasteiger partial charge < -0.3 is 5.11 Å². The third kappa shape index (κ3) is 10.6. The van der Waals surface area contributed by atoms with E-state index in [0.29, 0.717) is 5.92 Å². The molecule has 27 heavy (non-hydrogen) atoms. The molecular weight excluding hydrogens is 332 g/mol. The topological polar surface area (TPSA) is 37.3 Å². The fourth-order valence-electron chi connectivity index (χ4n) is 4.09. The second-order valence-electron chi connectivity index (χ2n) is 8.99. The second kappa shape index (κ2) is 13.0. The van der Waals surface area contributed by atoms with Gasteiger partial charge in [-0.15, -0.1) is 0 Å². The maximum atomic E-state index is 11.7. The van der Waals surface area contributed by atoms with Gasteiger partial charge in [-0.25, -0.2) is 0 Å². The van der Waals surface area contributed by atoms with E-state index < -0.39 is 5.97 Å². The third-order valence-corrected chi connectivity index (χ3v) is 6.09. The van der Waals surface area contributed by atoms with Gasteiger partial charge in [-0.2, -0.15) is 0 Å². The molecule has 0 saturated carbocycles. The number of hydrogen-bond acceptors (Lipinski definition) is 1. The van der Waals surface area contributed by atoms with E-state index in [-0.39, 0.29) is 5.92 Å². The lowest BCUT2D eigenvalue weighted by Crippen LogP contribution is -2.16.